The van der Waals surface area contributed by atoms with Gasteiger partial charge in [0.15, 0.2) is 11.5 Å². The van der Waals surface area contributed by atoms with Crippen molar-refractivity contribution in [3.05, 3.63) is 63.3 Å². The Labute approximate surface area is 175 Å². The summed E-state index contributed by atoms with van der Waals surface area (Å²) in [4.78, 5) is 12.8. The first kappa shape index (κ1) is 18.8. The van der Waals surface area contributed by atoms with Gasteiger partial charge in [0.25, 0.3) is 5.91 Å². The molecular formula is C20H17BrClN3O3. The third-order valence-corrected chi connectivity index (χ3v) is 5.25. The van der Waals surface area contributed by atoms with Crippen LogP contribution < -0.4 is 14.8 Å². The van der Waals surface area contributed by atoms with Gasteiger partial charge in [0.2, 0.25) is 0 Å². The summed E-state index contributed by atoms with van der Waals surface area (Å²) < 4.78 is 14.0. The molecule has 0 saturated carbocycles. The molecule has 0 bridgehead atoms. The van der Waals surface area contributed by atoms with E-state index < -0.39 is 0 Å². The van der Waals surface area contributed by atoms with Gasteiger partial charge in [-0.1, -0.05) is 27.5 Å². The molecule has 0 atom stereocenters. The SMILES string of the molecule is Cc1c(C(=O)Nc2cc3c(cc2Cl)OCCCO3)cnn1-c1ccc(Br)cc1. The molecule has 0 spiro atoms. The Kier molecular flexibility index (Phi) is 5.28. The third-order valence-electron chi connectivity index (χ3n) is 4.41. The second kappa shape index (κ2) is 7.85. The third kappa shape index (κ3) is 3.72. The maximum absolute atomic E-state index is 12.8. The highest BCUT2D eigenvalue weighted by Gasteiger charge is 2.19. The van der Waals surface area contributed by atoms with Gasteiger partial charge >= 0.3 is 0 Å². The van der Waals surface area contributed by atoms with Crippen molar-refractivity contribution in [2.24, 2.45) is 0 Å². The normalized spacial score (nSPS) is 13.1. The van der Waals surface area contributed by atoms with Crippen molar-refractivity contribution < 1.29 is 14.3 Å². The summed E-state index contributed by atoms with van der Waals surface area (Å²) >= 11 is 9.74. The minimum atomic E-state index is -0.294. The second-order valence-corrected chi connectivity index (χ2v) is 7.64. The molecule has 2 aromatic carbocycles. The monoisotopic (exact) mass is 461 g/mol. The number of halogens is 2. The predicted octanol–water partition coefficient (Wildman–Crippen LogP) is 5.01. The van der Waals surface area contributed by atoms with Gasteiger partial charge in [-0.3, -0.25) is 4.79 Å². The Balaban J connectivity index is 1.59. The lowest BCUT2D eigenvalue weighted by molar-refractivity contribution is 0.102. The summed E-state index contributed by atoms with van der Waals surface area (Å²) in [5.74, 6) is 0.858. The van der Waals surface area contributed by atoms with Crippen molar-refractivity contribution in [2.45, 2.75) is 13.3 Å². The van der Waals surface area contributed by atoms with Crippen LogP contribution in [0.1, 0.15) is 22.5 Å². The Morgan fingerprint density at radius 3 is 2.57 bits per heavy atom. The molecule has 0 fully saturated rings. The van der Waals surface area contributed by atoms with E-state index in [-0.39, 0.29) is 5.91 Å². The van der Waals surface area contributed by atoms with E-state index in [2.05, 4.69) is 26.3 Å². The first-order chi connectivity index (χ1) is 13.5. The number of benzene rings is 2. The minimum Gasteiger partial charge on any atom is -0.490 e. The van der Waals surface area contributed by atoms with Crippen molar-refractivity contribution in [1.29, 1.82) is 0 Å². The number of nitrogens with zero attached hydrogens (tertiary/aromatic N) is 2. The molecular weight excluding hydrogens is 446 g/mol. The number of carbonyl (C=O) groups excluding carboxylic acids is 1. The highest BCUT2D eigenvalue weighted by atomic mass is 79.9. The van der Waals surface area contributed by atoms with Gasteiger partial charge in [-0.25, -0.2) is 4.68 Å². The van der Waals surface area contributed by atoms with Gasteiger partial charge < -0.3 is 14.8 Å². The zero-order valence-electron chi connectivity index (χ0n) is 15.0. The van der Waals surface area contributed by atoms with Gasteiger partial charge in [-0.15, -0.1) is 0 Å². The molecule has 1 aliphatic heterocycles. The van der Waals surface area contributed by atoms with Crippen LogP contribution in [0.2, 0.25) is 5.02 Å². The number of ether oxygens (including phenoxy) is 2. The fraction of sp³-hybridized carbons (Fsp3) is 0.200. The summed E-state index contributed by atoms with van der Waals surface area (Å²) in [6, 6.07) is 11.0. The molecule has 28 heavy (non-hydrogen) atoms. The molecule has 0 saturated heterocycles. The molecule has 0 unspecified atom stereocenters. The Morgan fingerprint density at radius 2 is 1.86 bits per heavy atom. The molecule has 2 heterocycles. The molecule has 144 valence electrons. The van der Waals surface area contributed by atoms with Gasteiger partial charge in [0, 0.05) is 23.0 Å². The van der Waals surface area contributed by atoms with E-state index in [1.165, 1.54) is 0 Å². The molecule has 6 nitrogen and oxygen atoms in total. The Hall–Kier alpha value is -2.51. The van der Waals surface area contributed by atoms with Crippen LogP contribution in [0.3, 0.4) is 0 Å². The first-order valence-electron chi connectivity index (χ1n) is 8.74. The molecule has 1 amide bonds. The Bertz CT molecular complexity index is 1030. The number of aromatic nitrogens is 2. The van der Waals surface area contributed by atoms with Crippen LogP contribution >= 0.6 is 27.5 Å². The van der Waals surface area contributed by atoms with E-state index in [1.54, 1.807) is 23.0 Å². The van der Waals surface area contributed by atoms with Crippen molar-refractivity contribution >= 4 is 39.1 Å². The van der Waals surface area contributed by atoms with Crippen molar-refractivity contribution in [1.82, 2.24) is 9.78 Å². The molecule has 1 aliphatic rings. The van der Waals surface area contributed by atoms with Crippen LogP contribution in [-0.4, -0.2) is 28.9 Å². The predicted molar refractivity (Wildman–Crippen MR) is 111 cm³/mol. The lowest BCUT2D eigenvalue weighted by Crippen LogP contribution is -2.13. The molecule has 1 aromatic heterocycles. The highest BCUT2D eigenvalue weighted by Crippen LogP contribution is 2.37. The number of hydrogen-bond donors (Lipinski definition) is 1. The van der Waals surface area contributed by atoms with Crippen LogP contribution in [0.15, 0.2) is 47.1 Å². The lowest BCUT2D eigenvalue weighted by Gasteiger charge is -2.12. The zero-order chi connectivity index (χ0) is 19.7. The number of amides is 1. The number of fused-ring (bicyclic) bond motifs is 1. The number of nitrogens with one attached hydrogen (secondary N) is 1. The summed E-state index contributed by atoms with van der Waals surface area (Å²) in [6.45, 7) is 2.98. The van der Waals surface area contributed by atoms with E-state index in [0.29, 0.717) is 41.0 Å². The average Bonchev–Trinajstić information content (AvgIpc) is 2.91. The largest absolute Gasteiger partial charge is 0.490 e. The van der Waals surface area contributed by atoms with E-state index in [1.807, 2.05) is 31.2 Å². The smallest absolute Gasteiger partial charge is 0.259 e. The first-order valence-corrected chi connectivity index (χ1v) is 9.91. The lowest BCUT2D eigenvalue weighted by atomic mass is 10.2. The summed E-state index contributed by atoms with van der Waals surface area (Å²) in [7, 11) is 0. The summed E-state index contributed by atoms with van der Waals surface area (Å²) in [5, 5.41) is 7.58. The number of anilines is 1. The molecule has 3 aromatic rings. The van der Waals surface area contributed by atoms with E-state index in [9.17, 15) is 4.79 Å². The molecule has 0 radical (unpaired) electrons. The van der Waals surface area contributed by atoms with Crippen LogP contribution in [-0.2, 0) is 0 Å². The average molecular weight is 463 g/mol. The zero-order valence-corrected chi connectivity index (χ0v) is 17.4. The second-order valence-electron chi connectivity index (χ2n) is 6.32. The maximum Gasteiger partial charge on any atom is 0.259 e. The fourth-order valence-corrected chi connectivity index (χ4v) is 3.41. The molecule has 0 aliphatic carbocycles. The standard InChI is InChI=1S/C20H17BrClN3O3/c1-12-15(11-23-25(12)14-5-3-13(21)4-6-14)20(26)24-17-10-19-18(9-16(17)22)27-7-2-8-28-19/h3-6,9-11H,2,7-8H2,1H3,(H,24,26). The van der Waals surface area contributed by atoms with Crippen molar-refractivity contribution in [3.63, 3.8) is 0 Å². The van der Waals surface area contributed by atoms with Gasteiger partial charge in [-0.2, -0.15) is 5.10 Å². The number of carbonyl (C=O) groups is 1. The van der Waals surface area contributed by atoms with E-state index in [0.717, 1.165) is 22.3 Å². The quantitative estimate of drug-likeness (QED) is 0.594. The van der Waals surface area contributed by atoms with Crippen molar-refractivity contribution in [3.8, 4) is 17.2 Å². The maximum atomic E-state index is 12.8. The van der Waals surface area contributed by atoms with E-state index >= 15 is 0 Å². The van der Waals surface area contributed by atoms with Crippen LogP contribution in [0.25, 0.3) is 5.69 Å². The minimum absolute atomic E-state index is 0.294. The number of hydrogen-bond acceptors (Lipinski definition) is 4. The highest BCUT2D eigenvalue weighted by molar-refractivity contribution is 9.10. The Morgan fingerprint density at radius 1 is 1.18 bits per heavy atom. The summed E-state index contributed by atoms with van der Waals surface area (Å²) in [5.41, 5.74) is 2.52. The van der Waals surface area contributed by atoms with Gasteiger partial charge in [0.05, 0.1) is 47.1 Å². The van der Waals surface area contributed by atoms with Gasteiger partial charge in [0.1, 0.15) is 0 Å². The fourth-order valence-electron chi connectivity index (χ4n) is 2.94. The molecule has 1 N–H and O–H groups in total. The molecule has 8 heteroatoms. The van der Waals surface area contributed by atoms with E-state index in [4.69, 9.17) is 21.1 Å². The van der Waals surface area contributed by atoms with Crippen LogP contribution in [0.4, 0.5) is 5.69 Å². The van der Waals surface area contributed by atoms with Crippen LogP contribution in [0, 0.1) is 6.92 Å². The van der Waals surface area contributed by atoms with Crippen LogP contribution in [0.5, 0.6) is 11.5 Å². The van der Waals surface area contributed by atoms with Gasteiger partial charge in [-0.05, 0) is 31.2 Å². The summed E-state index contributed by atoms with van der Waals surface area (Å²) in [6.07, 6.45) is 2.34. The topological polar surface area (TPSA) is 65.4 Å². The number of rotatable bonds is 3. The molecule has 4 rings (SSSR count). The van der Waals surface area contributed by atoms with Crippen molar-refractivity contribution in [2.75, 3.05) is 18.5 Å².